The summed E-state index contributed by atoms with van der Waals surface area (Å²) in [6.45, 7) is 4.24. The van der Waals surface area contributed by atoms with E-state index in [9.17, 15) is 4.21 Å². The van der Waals surface area contributed by atoms with Gasteiger partial charge in [-0.3, -0.25) is 4.90 Å². The van der Waals surface area contributed by atoms with Gasteiger partial charge < -0.3 is 0 Å². The van der Waals surface area contributed by atoms with Gasteiger partial charge in [-0.15, -0.1) is 0 Å². The second-order valence-electron chi connectivity index (χ2n) is 4.17. The average Bonchev–Trinajstić information content (AvgIpc) is 2.03. The Labute approximate surface area is 83.7 Å². The van der Waals surface area contributed by atoms with Gasteiger partial charge in [-0.2, -0.15) is 0 Å². The molecule has 0 aliphatic carbocycles. The molecule has 0 bridgehead atoms. The first-order chi connectivity index (χ1) is 6.09. The van der Waals surface area contributed by atoms with Crippen LogP contribution in [-0.2, 0) is 11.0 Å². The van der Waals surface area contributed by atoms with Gasteiger partial charge >= 0.3 is 0 Å². The van der Waals surface area contributed by atoms with Crippen molar-refractivity contribution in [2.24, 2.45) is 5.92 Å². The standard InChI is InChI=1S/C9H20N2OS/c1-9-5-4-6-11(7-9)13(12)8-10(2)3/h9H,4-8H2,1-3H3/t9-,13?/m0/s1. The van der Waals surface area contributed by atoms with E-state index in [1.165, 1.54) is 12.8 Å². The summed E-state index contributed by atoms with van der Waals surface area (Å²) in [5.74, 6) is 1.37. The number of hydrogen-bond donors (Lipinski definition) is 0. The molecule has 0 amide bonds. The molecule has 0 aromatic heterocycles. The Morgan fingerprint density at radius 3 is 2.77 bits per heavy atom. The van der Waals surface area contributed by atoms with Gasteiger partial charge in [0.05, 0.1) is 5.88 Å². The van der Waals surface area contributed by atoms with E-state index in [1.54, 1.807) is 0 Å². The molecule has 78 valence electrons. The highest BCUT2D eigenvalue weighted by Gasteiger charge is 2.20. The zero-order chi connectivity index (χ0) is 9.84. The fraction of sp³-hybridized carbons (Fsp3) is 1.00. The Bertz CT molecular complexity index is 184. The van der Waals surface area contributed by atoms with Crippen molar-refractivity contribution in [3.05, 3.63) is 0 Å². The van der Waals surface area contributed by atoms with E-state index in [0.29, 0.717) is 11.8 Å². The Morgan fingerprint density at radius 1 is 1.54 bits per heavy atom. The van der Waals surface area contributed by atoms with Crippen molar-refractivity contribution >= 4 is 11.0 Å². The van der Waals surface area contributed by atoms with E-state index >= 15 is 0 Å². The van der Waals surface area contributed by atoms with Crippen molar-refractivity contribution in [3.63, 3.8) is 0 Å². The molecule has 0 aromatic rings. The van der Waals surface area contributed by atoms with Gasteiger partial charge in [-0.05, 0) is 32.9 Å². The SMILES string of the molecule is C[C@H]1CCCN(S(=O)CN(C)C)C1. The predicted molar refractivity (Wildman–Crippen MR) is 56.7 cm³/mol. The molecule has 1 fully saturated rings. The van der Waals surface area contributed by atoms with Crippen LogP contribution in [0.1, 0.15) is 19.8 Å². The van der Waals surface area contributed by atoms with Crippen molar-refractivity contribution in [1.82, 2.24) is 9.21 Å². The van der Waals surface area contributed by atoms with Crippen molar-refractivity contribution in [3.8, 4) is 0 Å². The number of hydrogen-bond acceptors (Lipinski definition) is 2. The van der Waals surface area contributed by atoms with E-state index < -0.39 is 11.0 Å². The maximum Gasteiger partial charge on any atom is 0.109 e. The zero-order valence-electron chi connectivity index (χ0n) is 8.82. The van der Waals surface area contributed by atoms with E-state index in [2.05, 4.69) is 11.2 Å². The smallest absolute Gasteiger partial charge is 0.109 e. The monoisotopic (exact) mass is 204 g/mol. The highest BCUT2D eigenvalue weighted by atomic mass is 32.2. The second-order valence-corrected chi connectivity index (χ2v) is 5.58. The van der Waals surface area contributed by atoms with Gasteiger partial charge in [0.2, 0.25) is 0 Å². The van der Waals surface area contributed by atoms with Crippen LogP contribution in [-0.4, -0.2) is 46.5 Å². The molecule has 1 heterocycles. The van der Waals surface area contributed by atoms with Crippen LogP contribution in [0.4, 0.5) is 0 Å². The number of piperidine rings is 1. The summed E-state index contributed by atoms with van der Waals surface area (Å²) in [6, 6.07) is 0. The van der Waals surface area contributed by atoms with Crippen LogP contribution >= 0.6 is 0 Å². The van der Waals surface area contributed by atoms with Crippen molar-refractivity contribution in [2.45, 2.75) is 19.8 Å². The van der Waals surface area contributed by atoms with Crippen molar-refractivity contribution in [2.75, 3.05) is 33.1 Å². The lowest BCUT2D eigenvalue weighted by molar-refractivity contribution is 0.289. The third-order valence-electron chi connectivity index (χ3n) is 2.28. The van der Waals surface area contributed by atoms with Crippen molar-refractivity contribution < 1.29 is 4.21 Å². The Balaban J connectivity index is 2.37. The summed E-state index contributed by atoms with van der Waals surface area (Å²) in [7, 11) is 3.13. The summed E-state index contributed by atoms with van der Waals surface area (Å²) in [4.78, 5) is 1.98. The highest BCUT2D eigenvalue weighted by molar-refractivity contribution is 7.82. The molecule has 1 aliphatic rings. The van der Waals surface area contributed by atoms with Gasteiger partial charge in [-0.25, -0.2) is 8.51 Å². The number of rotatable bonds is 3. The summed E-state index contributed by atoms with van der Waals surface area (Å²) < 4.78 is 13.9. The fourth-order valence-corrected chi connectivity index (χ4v) is 2.99. The maximum atomic E-state index is 11.7. The molecule has 0 aromatic carbocycles. The Morgan fingerprint density at radius 2 is 2.23 bits per heavy atom. The third kappa shape index (κ3) is 3.75. The Hall–Kier alpha value is 0.0700. The highest BCUT2D eigenvalue weighted by Crippen LogP contribution is 2.16. The van der Waals surface area contributed by atoms with E-state index in [4.69, 9.17) is 0 Å². The average molecular weight is 204 g/mol. The minimum atomic E-state index is -0.798. The largest absolute Gasteiger partial charge is 0.297 e. The Kier molecular flexibility index (Phi) is 4.35. The molecule has 1 rings (SSSR count). The summed E-state index contributed by atoms with van der Waals surface area (Å²) in [6.07, 6.45) is 2.48. The number of nitrogens with zero attached hydrogens (tertiary/aromatic N) is 2. The van der Waals surface area contributed by atoms with Crippen LogP contribution in [0, 0.1) is 5.92 Å². The van der Waals surface area contributed by atoms with Crippen LogP contribution in [0.5, 0.6) is 0 Å². The lowest BCUT2D eigenvalue weighted by Gasteiger charge is -2.30. The molecular weight excluding hydrogens is 184 g/mol. The van der Waals surface area contributed by atoms with E-state index in [-0.39, 0.29) is 0 Å². The molecule has 13 heavy (non-hydrogen) atoms. The molecule has 0 radical (unpaired) electrons. The quantitative estimate of drug-likeness (QED) is 0.682. The molecule has 0 N–H and O–H groups in total. The van der Waals surface area contributed by atoms with Gasteiger partial charge in [0.1, 0.15) is 11.0 Å². The topological polar surface area (TPSA) is 23.6 Å². The fourth-order valence-electron chi connectivity index (χ4n) is 1.63. The van der Waals surface area contributed by atoms with Crippen LogP contribution in [0.3, 0.4) is 0 Å². The van der Waals surface area contributed by atoms with Crippen LogP contribution in [0.15, 0.2) is 0 Å². The molecule has 1 unspecified atom stereocenters. The molecule has 0 saturated carbocycles. The molecule has 3 nitrogen and oxygen atoms in total. The minimum Gasteiger partial charge on any atom is -0.297 e. The predicted octanol–water partition coefficient (Wildman–Crippen LogP) is 0.901. The first kappa shape index (κ1) is 11.1. The summed E-state index contributed by atoms with van der Waals surface area (Å²) >= 11 is 0. The second kappa shape index (κ2) is 5.08. The summed E-state index contributed by atoms with van der Waals surface area (Å²) in [5.41, 5.74) is 0. The molecule has 1 aliphatic heterocycles. The van der Waals surface area contributed by atoms with Crippen LogP contribution in [0.2, 0.25) is 0 Å². The van der Waals surface area contributed by atoms with Gasteiger partial charge in [-0.1, -0.05) is 6.92 Å². The van der Waals surface area contributed by atoms with Crippen LogP contribution in [0.25, 0.3) is 0 Å². The minimum absolute atomic E-state index is 0.659. The molecule has 2 atom stereocenters. The molecular formula is C9H20N2OS. The zero-order valence-corrected chi connectivity index (χ0v) is 9.64. The van der Waals surface area contributed by atoms with Gasteiger partial charge in [0.25, 0.3) is 0 Å². The first-order valence-corrected chi connectivity index (χ1v) is 6.15. The van der Waals surface area contributed by atoms with E-state index in [0.717, 1.165) is 13.1 Å². The summed E-state index contributed by atoms with van der Waals surface area (Å²) in [5, 5.41) is 0. The van der Waals surface area contributed by atoms with Crippen molar-refractivity contribution in [1.29, 1.82) is 0 Å². The molecule has 0 spiro atoms. The first-order valence-electron chi connectivity index (χ1n) is 4.87. The van der Waals surface area contributed by atoms with Gasteiger partial charge in [0, 0.05) is 13.1 Å². The molecule has 4 heteroatoms. The van der Waals surface area contributed by atoms with Crippen LogP contribution < -0.4 is 0 Å². The van der Waals surface area contributed by atoms with Gasteiger partial charge in [0.15, 0.2) is 0 Å². The lowest BCUT2D eigenvalue weighted by atomic mass is 10.0. The lowest BCUT2D eigenvalue weighted by Crippen LogP contribution is -2.39. The third-order valence-corrected chi connectivity index (χ3v) is 3.92. The molecule has 1 saturated heterocycles. The van der Waals surface area contributed by atoms with E-state index in [1.807, 2.05) is 19.0 Å². The normalized spacial score (nSPS) is 27.8. The maximum absolute atomic E-state index is 11.7.